The average molecular weight is 436 g/mol. The Balaban J connectivity index is 1.60. The van der Waals surface area contributed by atoms with Gasteiger partial charge in [0.05, 0.1) is 5.75 Å². The molecule has 0 saturated carbocycles. The van der Waals surface area contributed by atoms with Gasteiger partial charge in [-0.05, 0) is 55.0 Å². The molecule has 0 fully saturated rings. The predicted molar refractivity (Wildman–Crippen MR) is 120 cm³/mol. The second-order valence-corrected chi connectivity index (χ2v) is 7.88. The first-order valence-electron chi connectivity index (χ1n) is 9.22. The molecular weight excluding hydrogens is 418 g/mol. The summed E-state index contributed by atoms with van der Waals surface area (Å²) >= 11 is 7.38. The number of carbonyl (C=O) groups excluding carboxylic acids is 1. The monoisotopic (exact) mass is 435 g/mol. The van der Waals surface area contributed by atoms with E-state index in [1.165, 1.54) is 11.8 Å². The minimum atomic E-state index is -0.106. The number of amides is 1. The number of halogens is 1. The molecule has 0 bridgehead atoms. The van der Waals surface area contributed by atoms with Gasteiger partial charge in [0.25, 0.3) is 0 Å². The molecule has 0 atom stereocenters. The number of para-hydroxylation sites is 1. The number of aromatic nitrogens is 4. The molecule has 1 amide bonds. The summed E-state index contributed by atoms with van der Waals surface area (Å²) in [6.45, 7) is 1.96. The molecule has 0 saturated heterocycles. The summed E-state index contributed by atoms with van der Waals surface area (Å²) in [5.41, 5.74) is 3.56. The molecule has 8 heteroatoms. The van der Waals surface area contributed by atoms with E-state index in [0.717, 1.165) is 22.5 Å². The van der Waals surface area contributed by atoms with E-state index >= 15 is 0 Å². The second kappa shape index (κ2) is 9.11. The summed E-state index contributed by atoms with van der Waals surface area (Å²) in [5.74, 6) is 0.767. The number of hydrogen-bond donors (Lipinski definition) is 1. The zero-order chi connectivity index (χ0) is 20.9. The first-order chi connectivity index (χ1) is 14.6. The molecule has 2 aromatic carbocycles. The molecule has 4 rings (SSSR count). The first kappa shape index (κ1) is 20.1. The van der Waals surface area contributed by atoms with Crippen LogP contribution in [0.25, 0.3) is 17.1 Å². The number of pyridine rings is 1. The van der Waals surface area contributed by atoms with Crippen molar-refractivity contribution in [2.24, 2.45) is 0 Å². The van der Waals surface area contributed by atoms with Crippen molar-refractivity contribution in [3.63, 3.8) is 0 Å². The van der Waals surface area contributed by atoms with Crippen LogP contribution in [-0.2, 0) is 4.79 Å². The maximum atomic E-state index is 12.5. The lowest BCUT2D eigenvalue weighted by atomic mass is 10.2. The van der Waals surface area contributed by atoms with Crippen LogP contribution in [0.15, 0.2) is 78.2 Å². The normalized spacial score (nSPS) is 10.7. The maximum absolute atomic E-state index is 12.5. The Morgan fingerprint density at radius 1 is 1.03 bits per heavy atom. The van der Waals surface area contributed by atoms with Gasteiger partial charge in [0.15, 0.2) is 11.0 Å². The lowest BCUT2D eigenvalue weighted by Gasteiger charge is -2.11. The Morgan fingerprint density at radius 3 is 2.50 bits per heavy atom. The third-order valence-corrected chi connectivity index (χ3v) is 5.59. The fourth-order valence-corrected chi connectivity index (χ4v) is 3.78. The van der Waals surface area contributed by atoms with E-state index in [1.807, 2.05) is 72.2 Å². The summed E-state index contributed by atoms with van der Waals surface area (Å²) in [7, 11) is 0. The number of aryl methyl sites for hydroxylation is 1. The average Bonchev–Trinajstić information content (AvgIpc) is 3.19. The van der Waals surface area contributed by atoms with Gasteiger partial charge >= 0.3 is 0 Å². The van der Waals surface area contributed by atoms with Crippen LogP contribution in [0.3, 0.4) is 0 Å². The Bertz CT molecular complexity index is 1160. The summed E-state index contributed by atoms with van der Waals surface area (Å²) in [4.78, 5) is 16.6. The van der Waals surface area contributed by atoms with Gasteiger partial charge in [-0.1, -0.05) is 41.6 Å². The maximum Gasteiger partial charge on any atom is 0.234 e. The SMILES string of the molecule is Cc1ccccc1NC(=O)CSc1nnc(-c2ccncc2)n1-c1ccc(Cl)cc1. The summed E-state index contributed by atoms with van der Waals surface area (Å²) in [6.07, 6.45) is 3.41. The number of rotatable bonds is 6. The third-order valence-electron chi connectivity index (χ3n) is 4.41. The minimum Gasteiger partial charge on any atom is -0.325 e. The summed E-state index contributed by atoms with van der Waals surface area (Å²) in [5, 5.41) is 12.9. The molecule has 4 aromatic rings. The molecule has 6 nitrogen and oxygen atoms in total. The number of anilines is 1. The topological polar surface area (TPSA) is 72.7 Å². The highest BCUT2D eigenvalue weighted by molar-refractivity contribution is 7.99. The van der Waals surface area contributed by atoms with E-state index in [9.17, 15) is 4.79 Å². The largest absolute Gasteiger partial charge is 0.325 e. The first-order valence-corrected chi connectivity index (χ1v) is 10.6. The second-order valence-electron chi connectivity index (χ2n) is 6.51. The standard InChI is InChI=1S/C22H18ClN5OS/c1-15-4-2-3-5-19(15)25-20(29)14-30-22-27-26-21(16-10-12-24-13-11-16)28(22)18-8-6-17(23)7-9-18/h2-13H,14H2,1H3,(H,25,29). The molecule has 0 radical (unpaired) electrons. The van der Waals surface area contributed by atoms with Gasteiger partial charge in [0.2, 0.25) is 5.91 Å². The van der Waals surface area contributed by atoms with Crippen LogP contribution >= 0.6 is 23.4 Å². The van der Waals surface area contributed by atoms with Gasteiger partial charge in [0, 0.05) is 34.4 Å². The Kier molecular flexibility index (Phi) is 6.11. The molecule has 0 aliphatic rings. The van der Waals surface area contributed by atoms with E-state index in [2.05, 4.69) is 20.5 Å². The van der Waals surface area contributed by atoms with Crippen LogP contribution in [0, 0.1) is 6.92 Å². The third kappa shape index (κ3) is 4.53. The number of carbonyl (C=O) groups is 1. The quantitative estimate of drug-likeness (QED) is 0.430. The van der Waals surface area contributed by atoms with Crippen molar-refractivity contribution in [1.29, 1.82) is 0 Å². The van der Waals surface area contributed by atoms with Crippen LogP contribution in [0.4, 0.5) is 5.69 Å². The molecule has 0 unspecified atom stereocenters. The van der Waals surface area contributed by atoms with Gasteiger partial charge in [-0.3, -0.25) is 14.3 Å². The highest BCUT2D eigenvalue weighted by atomic mass is 35.5. The molecule has 0 aliphatic heterocycles. The summed E-state index contributed by atoms with van der Waals surface area (Å²) in [6, 6.07) is 18.8. The van der Waals surface area contributed by atoms with Gasteiger partial charge in [-0.25, -0.2) is 0 Å². The fourth-order valence-electron chi connectivity index (χ4n) is 2.90. The van der Waals surface area contributed by atoms with Crippen molar-refractivity contribution >= 4 is 35.0 Å². The number of nitrogens with zero attached hydrogens (tertiary/aromatic N) is 4. The Morgan fingerprint density at radius 2 is 1.77 bits per heavy atom. The minimum absolute atomic E-state index is 0.106. The fraction of sp³-hybridized carbons (Fsp3) is 0.0909. The van der Waals surface area contributed by atoms with E-state index in [4.69, 9.17) is 11.6 Å². The Labute approximate surface area is 183 Å². The van der Waals surface area contributed by atoms with Gasteiger partial charge in [0.1, 0.15) is 0 Å². The molecule has 2 aromatic heterocycles. The molecule has 2 heterocycles. The summed E-state index contributed by atoms with van der Waals surface area (Å²) < 4.78 is 1.91. The van der Waals surface area contributed by atoms with E-state index in [0.29, 0.717) is 16.0 Å². The molecule has 150 valence electrons. The van der Waals surface area contributed by atoms with Gasteiger partial charge < -0.3 is 5.32 Å². The lowest BCUT2D eigenvalue weighted by Crippen LogP contribution is -2.15. The highest BCUT2D eigenvalue weighted by Gasteiger charge is 2.17. The van der Waals surface area contributed by atoms with E-state index in [-0.39, 0.29) is 11.7 Å². The number of benzene rings is 2. The number of thioether (sulfide) groups is 1. The highest BCUT2D eigenvalue weighted by Crippen LogP contribution is 2.28. The van der Waals surface area contributed by atoms with Crippen LogP contribution in [0.1, 0.15) is 5.56 Å². The Hall–Kier alpha value is -3.16. The van der Waals surface area contributed by atoms with Gasteiger partial charge in [-0.2, -0.15) is 0 Å². The van der Waals surface area contributed by atoms with E-state index in [1.54, 1.807) is 12.4 Å². The molecule has 0 aliphatic carbocycles. The molecule has 1 N–H and O–H groups in total. The van der Waals surface area contributed by atoms with Crippen LogP contribution in [0.2, 0.25) is 5.02 Å². The van der Waals surface area contributed by atoms with E-state index < -0.39 is 0 Å². The number of nitrogens with one attached hydrogen (secondary N) is 1. The van der Waals surface area contributed by atoms with Crippen molar-refractivity contribution < 1.29 is 4.79 Å². The van der Waals surface area contributed by atoms with Crippen LogP contribution in [-0.4, -0.2) is 31.4 Å². The zero-order valence-electron chi connectivity index (χ0n) is 16.1. The van der Waals surface area contributed by atoms with Crippen molar-refractivity contribution in [2.45, 2.75) is 12.1 Å². The van der Waals surface area contributed by atoms with Crippen LogP contribution in [0.5, 0.6) is 0 Å². The number of hydrogen-bond acceptors (Lipinski definition) is 5. The predicted octanol–water partition coefficient (Wildman–Crippen LogP) is 5.02. The molecule has 30 heavy (non-hydrogen) atoms. The van der Waals surface area contributed by atoms with Crippen LogP contribution < -0.4 is 5.32 Å². The van der Waals surface area contributed by atoms with Crippen molar-refractivity contribution in [2.75, 3.05) is 11.1 Å². The lowest BCUT2D eigenvalue weighted by molar-refractivity contribution is -0.113. The van der Waals surface area contributed by atoms with Crippen molar-refractivity contribution in [1.82, 2.24) is 19.7 Å². The zero-order valence-corrected chi connectivity index (χ0v) is 17.7. The molecular formula is C22H18ClN5OS. The van der Waals surface area contributed by atoms with Crippen molar-refractivity contribution in [3.05, 3.63) is 83.6 Å². The van der Waals surface area contributed by atoms with Crippen molar-refractivity contribution in [3.8, 4) is 17.1 Å². The van der Waals surface area contributed by atoms with Gasteiger partial charge in [-0.15, -0.1) is 10.2 Å². The smallest absolute Gasteiger partial charge is 0.234 e. The molecule has 0 spiro atoms.